The minimum Gasteiger partial charge on any atom is -0.126 e. The summed E-state index contributed by atoms with van der Waals surface area (Å²) in [5.74, 6) is 2.08. The van der Waals surface area contributed by atoms with Crippen LogP contribution in [0.1, 0.15) is 27.2 Å². The van der Waals surface area contributed by atoms with E-state index in [4.69, 9.17) is 23.2 Å². The number of alkyl halides is 2. The van der Waals surface area contributed by atoms with Crippen molar-refractivity contribution < 1.29 is 0 Å². The zero-order valence-corrected chi connectivity index (χ0v) is 9.47. The van der Waals surface area contributed by atoms with Crippen LogP contribution in [-0.2, 0) is 0 Å². The first-order valence-corrected chi connectivity index (χ1v) is 5.42. The van der Waals surface area contributed by atoms with Gasteiger partial charge in [0.2, 0.25) is 0 Å². The van der Waals surface area contributed by atoms with E-state index >= 15 is 0 Å². The number of rotatable bonds is 2. The topological polar surface area (TPSA) is 0 Å². The van der Waals surface area contributed by atoms with E-state index in [1.54, 1.807) is 0 Å². The summed E-state index contributed by atoms with van der Waals surface area (Å²) in [7, 11) is 0. The van der Waals surface area contributed by atoms with Crippen LogP contribution < -0.4 is 0 Å². The summed E-state index contributed by atoms with van der Waals surface area (Å²) < 4.78 is 0. The molecule has 0 spiro atoms. The van der Waals surface area contributed by atoms with E-state index < -0.39 is 0 Å². The van der Waals surface area contributed by atoms with Gasteiger partial charge in [-0.3, -0.25) is 0 Å². The molecule has 1 atom stereocenters. The molecular weight excluding hydrogens is 191 g/mol. The summed E-state index contributed by atoms with van der Waals surface area (Å²) in [5, 5.41) is 0. The zero-order chi connectivity index (χ0) is 9.35. The predicted molar refractivity (Wildman–Crippen MR) is 56.0 cm³/mol. The normalized spacial score (nSPS) is 31.2. The van der Waals surface area contributed by atoms with Crippen molar-refractivity contribution in [1.82, 2.24) is 0 Å². The molecule has 0 radical (unpaired) electrons. The first-order valence-electron chi connectivity index (χ1n) is 4.35. The molecule has 0 aliphatic heterocycles. The van der Waals surface area contributed by atoms with Crippen molar-refractivity contribution in [1.29, 1.82) is 0 Å². The predicted octanol–water partition coefficient (Wildman–Crippen LogP) is 3.83. The van der Waals surface area contributed by atoms with Crippen LogP contribution in [0.5, 0.6) is 0 Å². The SMILES string of the molecule is C/C(CCl)=C1/CC(CCl)C1(C)C. The average Bonchev–Trinajstić information content (AvgIpc) is 2.03. The molecule has 0 amide bonds. The summed E-state index contributed by atoms with van der Waals surface area (Å²) in [6.07, 6.45) is 1.15. The maximum atomic E-state index is 5.85. The monoisotopic (exact) mass is 206 g/mol. The Morgan fingerprint density at radius 3 is 2.42 bits per heavy atom. The molecule has 0 N–H and O–H groups in total. The van der Waals surface area contributed by atoms with Crippen LogP contribution in [0.2, 0.25) is 0 Å². The number of hydrogen-bond donors (Lipinski definition) is 0. The minimum atomic E-state index is 0.292. The number of hydrogen-bond acceptors (Lipinski definition) is 0. The minimum absolute atomic E-state index is 0.292. The lowest BCUT2D eigenvalue weighted by atomic mass is 9.58. The molecule has 0 nitrogen and oxygen atoms in total. The highest BCUT2D eigenvalue weighted by molar-refractivity contribution is 6.19. The molecule has 0 bridgehead atoms. The van der Waals surface area contributed by atoms with Crippen molar-refractivity contribution in [3.05, 3.63) is 11.1 Å². The van der Waals surface area contributed by atoms with Crippen LogP contribution in [0.3, 0.4) is 0 Å². The summed E-state index contributed by atoms with van der Waals surface area (Å²) in [6, 6.07) is 0. The molecule has 1 fully saturated rings. The van der Waals surface area contributed by atoms with Crippen LogP contribution in [-0.4, -0.2) is 11.8 Å². The fourth-order valence-electron chi connectivity index (χ4n) is 1.93. The van der Waals surface area contributed by atoms with Gasteiger partial charge in [-0.05, 0) is 24.7 Å². The molecule has 1 aliphatic carbocycles. The van der Waals surface area contributed by atoms with Crippen molar-refractivity contribution >= 4 is 23.2 Å². The molecule has 1 aliphatic rings. The second kappa shape index (κ2) is 3.59. The third-order valence-electron chi connectivity index (χ3n) is 3.15. The van der Waals surface area contributed by atoms with E-state index in [1.807, 2.05) is 0 Å². The molecule has 0 heterocycles. The Hall–Kier alpha value is 0.320. The highest BCUT2D eigenvalue weighted by Gasteiger charge is 2.43. The molecule has 70 valence electrons. The Bertz CT molecular complexity index is 204. The van der Waals surface area contributed by atoms with Crippen molar-refractivity contribution in [2.24, 2.45) is 11.3 Å². The van der Waals surface area contributed by atoms with Gasteiger partial charge in [0.1, 0.15) is 0 Å². The smallest absolute Gasteiger partial charge is 0.0433 e. The van der Waals surface area contributed by atoms with Gasteiger partial charge in [0.25, 0.3) is 0 Å². The van der Waals surface area contributed by atoms with Crippen molar-refractivity contribution in [3.63, 3.8) is 0 Å². The van der Waals surface area contributed by atoms with Gasteiger partial charge >= 0.3 is 0 Å². The van der Waals surface area contributed by atoms with Gasteiger partial charge in [-0.25, -0.2) is 0 Å². The summed E-state index contributed by atoms with van der Waals surface area (Å²) >= 11 is 11.6. The lowest BCUT2D eigenvalue weighted by Crippen LogP contribution is -2.39. The summed E-state index contributed by atoms with van der Waals surface area (Å²) in [5.41, 5.74) is 3.15. The number of halogens is 2. The van der Waals surface area contributed by atoms with E-state index in [1.165, 1.54) is 11.1 Å². The fraction of sp³-hybridized carbons (Fsp3) is 0.800. The molecule has 0 saturated heterocycles. The average molecular weight is 207 g/mol. The van der Waals surface area contributed by atoms with Gasteiger partial charge in [0.05, 0.1) is 0 Å². The van der Waals surface area contributed by atoms with Gasteiger partial charge in [-0.2, -0.15) is 0 Å². The molecule has 2 heteroatoms. The zero-order valence-electron chi connectivity index (χ0n) is 7.95. The molecule has 1 saturated carbocycles. The summed E-state index contributed by atoms with van der Waals surface area (Å²) in [6.45, 7) is 6.64. The van der Waals surface area contributed by atoms with Gasteiger partial charge < -0.3 is 0 Å². The van der Waals surface area contributed by atoms with Gasteiger partial charge in [-0.1, -0.05) is 25.0 Å². The third kappa shape index (κ3) is 1.52. The van der Waals surface area contributed by atoms with Crippen LogP contribution in [0, 0.1) is 11.3 Å². The molecule has 0 aromatic rings. The quantitative estimate of drug-likeness (QED) is 0.477. The van der Waals surface area contributed by atoms with Crippen LogP contribution in [0.15, 0.2) is 11.1 Å². The van der Waals surface area contributed by atoms with Crippen molar-refractivity contribution in [3.8, 4) is 0 Å². The molecule has 1 unspecified atom stereocenters. The Morgan fingerprint density at radius 2 is 2.08 bits per heavy atom. The van der Waals surface area contributed by atoms with Crippen LogP contribution >= 0.6 is 23.2 Å². The highest BCUT2D eigenvalue weighted by atomic mass is 35.5. The Morgan fingerprint density at radius 1 is 1.50 bits per heavy atom. The van der Waals surface area contributed by atoms with Gasteiger partial charge in [0, 0.05) is 11.8 Å². The Kier molecular flexibility index (Phi) is 3.11. The third-order valence-corrected chi connectivity index (χ3v) is 3.92. The van der Waals surface area contributed by atoms with Crippen LogP contribution in [0.25, 0.3) is 0 Å². The molecule has 0 aromatic heterocycles. The Labute approximate surface area is 84.9 Å². The van der Waals surface area contributed by atoms with Gasteiger partial charge in [-0.15, -0.1) is 23.2 Å². The summed E-state index contributed by atoms with van der Waals surface area (Å²) in [4.78, 5) is 0. The first kappa shape index (κ1) is 10.4. The number of allylic oxidation sites excluding steroid dienone is 2. The van der Waals surface area contributed by atoms with E-state index in [9.17, 15) is 0 Å². The lowest BCUT2D eigenvalue weighted by molar-refractivity contribution is 0.187. The van der Waals surface area contributed by atoms with Crippen LogP contribution in [0.4, 0.5) is 0 Å². The van der Waals surface area contributed by atoms with Crippen molar-refractivity contribution in [2.75, 3.05) is 11.8 Å². The second-order valence-electron chi connectivity index (χ2n) is 4.17. The molecule has 0 aromatic carbocycles. The maximum absolute atomic E-state index is 5.85. The standard InChI is InChI=1S/C10H16Cl2/c1-7(5-11)9-4-8(6-12)10(9,2)3/h8H,4-6H2,1-3H3/b9-7+. The van der Waals surface area contributed by atoms with Gasteiger partial charge in [0.15, 0.2) is 0 Å². The molecule has 12 heavy (non-hydrogen) atoms. The van der Waals surface area contributed by atoms with Crippen molar-refractivity contribution in [2.45, 2.75) is 27.2 Å². The van der Waals surface area contributed by atoms with E-state index in [2.05, 4.69) is 20.8 Å². The molecule has 1 rings (SSSR count). The fourth-order valence-corrected chi connectivity index (χ4v) is 2.59. The first-order chi connectivity index (χ1) is 5.54. The van der Waals surface area contributed by atoms with E-state index in [0.29, 0.717) is 17.2 Å². The lowest BCUT2D eigenvalue weighted by Gasteiger charge is -2.48. The maximum Gasteiger partial charge on any atom is 0.0433 e. The largest absolute Gasteiger partial charge is 0.126 e. The van der Waals surface area contributed by atoms with E-state index in [-0.39, 0.29) is 0 Å². The van der Waals surface area contributed by atoms with E-state index in [0.717, 1.165) is 12.3 Å². The highest BCUT2D eigenvalue weighted by Crippen LogP contribution is 2.52. The Balaban J connectivity index is 2.77. The molecular formula is C10H16Cl2. The second-order valence-corrected chi connectivity index (χ2v) is 4.75.